The monoisotopic (exact) mass is 826 g/mol. The van der Waals surface area contributed by atoms with Gasteiger partial charge in [-0.15, -0.1) is 0 Å². The first kappa shape index (κ1) is 44.7. The van der Waals surface area contributed by atoms with Gasteiger partial charge in [0.1, 0.15) is 42.7 Å². The minimum atomic E-state index is -1.82. The van der Waals surface area contributed by atoms with Gasteiger partial charge in [0.2, 0.25) is 0 Å². The van der Waals surface area contributed by atoms with Crippen LogP contribution in [0.25, 0.3) is 0 Å². The number of hydrogen-bond donors (Lipinski definition) is 9. The van der Waals surface area contributed by atoms with E-state index in [1.54, 1.807) is 0 Å². The fourth-order valence-corrected chi connectivity index (χ4v) is 13.9. The van der Waals surface area contributed by atoms with Gasteiger partial charge in [-0.2, -0.15) is 0 Å². The third-order valence-corrected chi connectivity index (χ3v) is 17.8. The van der Waals surface area contributed by atoms with Crippen molar-refractivity contribution in [3.63, 3.8) is 0 Å². The topological polar surface area (TPSA) is 245 Å². The van der Waals surface area contributed by atoms with Crippen LogP contribution < -0.4 is 0 Å². The average Bonchev–Trinajstić information content (AvgIpc) is 3.18. The zero-order valence-electron chi connectivity index (χ0n) is 35.2. The second kappa shape index (κ2) is 15.5. The highest BCUT2D eigenvalue weighted by Crippen LogP contribution is 2.76. The third-order valence-electron chi connectivity index (χ3n) is 17.8. The van der Waals surface area contributed by atoms with Crippen molar-refractivity contribution in [2.75, 3.05) is 26.9 Å². The predicted molar refractivity (Wildman–Crippen MR) is 205 cm³/mol. The molecule has 15 nitrogen and oxygen atoms in total. The normalized spacial score (nSPS) is 53.9. The molecule has 20 atom stereocenters. The Bertz CT molecular complexity index is 1560. The van der Waals surface area contributed by atoms with Gasteiger partial charge in [-0.1, -0.05) is 53.2 Å². The summed E-state index contributed by atoms with van der Waals surface area (Å²) in [6, 6.07) is 0. The van der Waals surface area contributed by atoms with Crippen LogP contribution in [0.5, 0.6) is 0 Å². The second-order valence-corrected chi connectivity index (χ2v) is 20.8. The molecule has 0 radical (unpaired) electrons. The van der Waals surface area contributed by atoms with Crippen molar-refractivity contribution in [2.45, 2.75) is 173 Å². The van der Waals surface area contributed by atoms with Gasteiger partial charge in [0.25, 0.3) is 0 Å². The number of ether oxygens (including phenoxy) is 5. The SMILES string of the molecule is COC(=O)[C@H]1O[C@@H](O[C@H]2CC[C@]3(C)[C@H]4CC=C5[C@@H]6C[C@@](C)(CO)CC[C@]6(CO)[C@H](O)C[C@@]5(C)[C@]4(C)CC[C@H]3C2(C)C)[C@H](O[C@@H]2O[C@H](CO)[C@H](O)[C@H](O)[C@H]2O)[C@@H](O)[C@@H]1O. The Morgan fingerprint density at radius 2 is 1.47 bits per heavy atom. The van der Waals surface area contributed by atoms with Gasteiger partial charge in [0.15, 0.2) is 18.7 Å². The molecular formula is C43H70O15. The molecule has 332 valence electrons. The van der Waals surface area contributed by atoms with Gasteiger partial charge in [0, 0.05) is 12.0 Å². The number of rotatable bonds is 8. The number of aliphatic hydroxyl groups excluding tert-OH is 9. The predicted octanol–water partition coefficient (Wildman–Crippen LogP) is 0.914. The summed E-state index contributed by atoms with van der Waals surface area (Å²) in [7, 11) is 1.13. The van der Waals surface area contributed by atoms with Crippen molar-refractivity contribution in [1.29, 1.82) is 0 Å². The van der Waals surface area contributed by atoms with Crippen LogP contribution in [-0.4, -0.2) is 152 Å². The summed E-state index contributed by atoms with van der Waals surface area (Å²) in [5.41, 5.74) is -0.725. The fourth-order valence-electron chi connectivity index (χ4n) is 13.9. The van der Waals surface area contributed by atoms with Gasteiger partial charge in [0.05, 0.1) is 32.5 Å². The molecule has 58 heavy (non-hydrogen) atoms. The van der Waals surface area contributed by atoms with E-state index < -0.39 is 97.0 Å². The van der Waals surface area contributed by atoms with Gasteiger partial charge in [-0.3, -0.25) is 0 Å². The van der Waals surface area contributed by atoms with Crippen LogP contribution in [-0.2, 0) is 28.5 Å². The van der Waals surface area contributed by atoms with E-state index in [2.05, 4.69) is 47.6 Å². The lowest BCUT2D eigenvalue weighted by molar-refractivity contribution is -0.374. The van der Waals surface area contributed by atoms with Crippen molar-refractivity contribution in [2.24, 2.45) is 50.2 Å². The summed E-state index contributed by atoms with van der Waals surface area (Å²) in [5.74, 6) is -0.571. The standard InChI is InChI=1S/C43H70O15/c1-38(2)24-10-13-41(5)25(9-8-21-22-16-39(3,19-45)14-15-43(22,20-46)26(47)17-42(21,41)6)40(24,4)12-11-27(38)56-37-34(31(51)30(50)33(57-37)35(53)54-7)58-36-32(52)29(49)28(48)23(18-44)55-36/h8,22-34,36-37,44-52H,9-20H2,1-7H3/t22-,23+,24-,25+,26+,27-,28-,29-,30-,31-,32+,33-,34+,36-,37+,39-,40-,41+,42+,43+/m0/s1. The van der Waals surface area contributed by atoms with Crippen LogP contribution in [0.15, 0.2) is 11.6 Å². The molecule has 9 N–H and O–H groups in total. The lowest BCUT2D eigenvalue weighted by atomic mass is 9.33. The third kappa shape index (κ3) is 6.50. The van der Waals surface area contributed by atoms with Crippen molar-refractivity contribution in [3.05, 3.63) is 11.6 Å². The lowest BCUT2D eigenvalue weighted by Gasteiger charge is -2.72. The van der Waals surface area contributed by atoms with Gasteiger partial charge < -0.3 is 69.6 Å². The van der Waals surface area contributed by atoms with Crippen LogP contribution in [0.4, 0.5) is 0 Å². The zero-order valence-corrected chi connectivity index (χ0v) is 35.2. The molecular weight excluding hydrogens is 756 g/mol. The van der Waals surface area contributed by atoms with Crippen molar-refractivity contribution in [1.82, 2.24) is 0 Å². The number of allylic oxidation sites excluding steroid dienone is 2. The molecule has 0 aromatic carbocycles. The smallest absolute Gasteiger partial charge is 0.337 e. The second-order valence-electron chi connectivity index (χ2n) is 20.8. The molecule has 0 aromatic rings. The molecule has 2 saturated heterocycles. The maximum absolute atomic E-state index is 12.8. The fraction of sp³-hybridized carbons (Fsp3) is 0.930. The Hall–Kier alpha value is -1.31. The average molecular weight is 827 g/mol. The van der Waals surface area contributed by atoms with E-state index in [0.29, 0.717) is 19.3 Å². The maximum atomic E-state index is 12.8. The summed E-state index contributed by atoms with van der Waals surface area (Å²) < 4.78 is 29.2. The first-order valence-corrected chi connectivity index (χ1v) is 21.4. The molecule has 4 saturated carbocycles. The number of aliphatic hydroxyl groups is 9. The number of esters is 1. The van der Waals surface area contributed by atoms with Crippen LogP contribution in [0.3, 0.4) is 0 Å². The number of carbonyl (C=O) groups is 1. The molecule has 6 fully saturated rings. The van der Waals surface area contributed by atoms with Crippen LogP contribution >= 0.6 is 0 Å². The summed E-state index contributed by atoms with van der Waals surface area (Å²) in [6.07, 6.45) is -8.54. The Labute approximate surface area is 341 Å². The molecule has 15 heteroatoms. The van der Waals surface area contributed by atoms with Crippen molar-refractivity contribution < 1.29 is 74.4 Å². The first-order valence-electron chi connectivity index (χ1n) is 21.4. The van der Waals surface area contributed by atoms with Gasteiger partial charge in [-0.25, -0.2) is 4.79 Å². The molecule has 7 aliphatic rings. The van der Waals surface area contributed by atoms with E-state index in [1.807, 2.05) is 0 Å². The highest BCUT2D eigenvalue weighted by molar-refractivity contribution is 5.75. The van der Waals surface area contributed by atoms with E-state index in [0.717, 1.165) is 45.6 Å². The molecule has 5 aliphatic carbocycles. The summed E-state index contributed by atoms with van der Waals surface area (Å²) in [6.45, 7) is 12.8. The molecule has 0 amide bonds. The minimum absolute atomic E-state index is 0.0302. The lowest BCUT2D eigenvalue weighted by Crippen LogP contribution is -2.68. The van der Waals surface area contributed by atoms with Crippen LogP contribution in [0.1, 0.15) is 99.3 Å². The number of methoxy groups -OCH3 is 1. The Morgan fingerprint density at radius 3 is 2.10 bits per heavy atom. The van der Waals surface area contributed by atoms with E-state index in [4.69, 9.17) is 23.7 Å². The summed E-state index contributed by atoms with van der Waals surface area (Å²) in [5, 5.41) is 97.2. The molecule has 2 heterocycles. The maximum Gasteiger partial charge on any atom is 0.337 e. The zero-order chi connectivity index (χ0) is 42.5. The Kier molecular flexibility index (Phi) is 11.9. The highest BCUT2D eigenvalue weighted by atomic mass is 16.8. The largest absolute Gasteiger partial charge is 0.467 e. The first-order chi connectivity index (χ1) is 27.1. The summed E-state index contributed by atoms with van der Waals surface area (Å²) in [4.78, 5) is 12.8. The Balaban J connectivity index is 1.17. The molecule has 0 unspecified atom stereocenters. The van der Waals surface area contributed by atoms with Crippen LogP contribution in [0.2, 0.25) is 0 Å². The van der Waals surface area contributed by atoms with E-state index in [1.165, 1.54) is 5.57 Å². The quantitative estimate of drug-likeness (QED) is 0.0939. The van der Waals surface area contributed by atoms with Gasteiger partial charge in [-0.05, 0) is 103 Å². The molecule has 0 spiro atoms. The van der Waals surface area contributed by atoms with E-state index in [-0.39, 0.29) is 52.6 Å². The van der Waals surface area contributed by atoms with E-state index >= 15 is 0 Å². The van der Waals surface area contributed by atoms with Gasteiger partial charge >= 0.3 is 5.97 Å². The minimum Gasteiger partial charge on any atom is -0.467 e. The molecule has 2 aliphatic heterocycles. The molecule has 0 aromatic heterocycles. The van der Waals surface area contributed by atoms with Crippen LogP contribution in [0, 0.1) is 50.2 Å². The van der Waals surface area contributed by atoms with Crippen molar-refractivity contribution >= 4 is 5.97 Å². The highest BCUT2D eigenvalue weighted by Gasteiger charge is 2.70. The molecule has 7 rings (SSSR count). The Morgan fingerprint density at radius 1 is 0.759 bits per heavy atom. The number of carbonyl (C=O) groups excluding carboxylic acids is 1. The summed E-state index contributed by atoms with van der Waals surface area (Å²) >= 11 is 0. The van der Waals surface area contributed by atoms with Crippen molar-refractivity contribution in [3.8, 4) is 0 Å². The van der Waals surface area contributed by atoms with E-state index in [9.17, 15) is 50.8 Å². The number of fused-ring (bicyclic) bond motifs is 7. The number of hydrogen-bond acceptors (Lipinski definition) is 15. The molecule has 0 bridgehead atoms.